The second-order valence-corrected chi connectivity index (χ2v) is 6.92. The van der Waals surface area contributed by atoms with Crippen molar-refractivity contribution in [3.63, 3.8) is 0 Å². The van der Waals surface area contributed by atoms with Crippen LogP contribution < -0.4 is 5.73 Å². The topological polar surface area (TPSA) is 92.9 Å². The predicted molar refractivity (Wildman–Crippen MR) is 95.4 cm³/mol. The third-order valence-electron chi connectivity index (χ3n) is 4.32. The molecule has 0 fully saturated rings. The molecule has 1 aliphatic carbocycles. The van der Waals surface area contributed by atoms with Crippen molar-refractivity contribution in [1.82, 2.24) is 4.90 Å². The van der Waals surface area contributed by atoms with Crippen LogP contribution in [0, 0.1) is 11.8 Å². The molecule has 2 aliphatic rings. The molecule has 0 radical (unpaired) electrons. The third kappa shape index (κ3) is 4.31. The first kappa shape index (κ1) is 19.2. The number of fused-ring (bicyclic) bond motifs is 1. The highest BCUT2D eigenvalue weighted by atomic mass is 16.5. The molecule has 0 aromatic carbocycles. The number of aliphatic carboxylic acids is 1. The van der Waals surface area contributed by atoms with E-state index < -0.39 is 11.9 Å². The second kappa shape index (κ2) is 8.34. The molecule has 1 unspecified atom stereocenters. The van der Waals surface area contributed by atoms with Crippen LogP contribution in [0.2, 0.25) is 0 Å². The molecular formula is C19H28N2O4. The Kier molecular flexibility index (Phi) is 6.42. The summed E-state index contributed by atoms with van der Waals surface area (Å²) in [6.45, 7) is 7.91. The number of carboxylic acids is 1. The number of hydrogen-bond acceptors (Lipinski definition) is 5. The lowest BCUT2D eigenvalue weighted by Gasteiger charge is -2.35. The number of hydrogen-bond donors (Lipinski definition) is 2. The second-order valence-electron chi connectivity index (χ2n) is 6.92. The van der Waals surface area contributed by atoms with Crippen LogP contribution in [0.25, 0.3) is 0 Å². The molecule has 0 aromatic heterocycles. The largest absolute Gasteiger partial charge is 0.491 e. The van der Waals surface area contributed by atoms with Gasteiger partial charge in [0.1, 0.15) is 11.7 Å². The molecule has 0 spiro atoms. The van der Waals surface area contributed by atoms with Gasteiger partial charge in [-0.1, -0.05) is 33.3 Å². The summed E-state index contributed by atoms with van der Waals surface area (Å²) in [7, 11) is 0. The summed E-state index contributed by atoms with van der Waals surface area (Å²) in [4.78, 5) is 25.6. The van der Waals surface area contributed by atoms with Gasteiger partial charge in [-0.05, 0) is 17.9 Å². The highest BCUT2D eigenvalue weighted by Crippen LogP contribution is 2.37. The zero-order valence-electron chi connectivity index (χ0n) is 15.2. The van der Waals surface area contributed by atoms with E-state index >= 15 is 0 Å². The van der Waals surface area contributed by atoms with E-state index in [4.69, 9.17) is 10.5 Å². The average Bonchev–Trinajstić information content (AvgIpc) is 2.53. The summed E-state index contributed by atoms with van der Waals surface area (Å²) in [5.74, 6) is -1.49. The Hall–Kier alpha value is -2.08. The molecule has 1 atom stereocenters. The van der Waals surface area contributed by atoms with Gasteiger partial charge in [0.15, 0.2) is 5.78 Å². The van der Waals surface area contributed by atoms with Crippen LogP contribution in [-0.2, 0) is 14.3 Å². The van der Waals surface area contributed by atoms with Gasteiger partial charge in [0.05, 0.1) is 12.3 Å². The lowest BCUT2D eigenvalue weighted by Crippen LogP contribution is -2.35. The van der Waals surface area contributed by atoms with Gasteiger partial charge in [-0.2, -0.15) is 0 Å². The highest BCUT2D eigenvalue weighted by molar-refractivity contribution is 6.03. The fraction of sp³-hybridized carbons (Fsp3) is 0.579. The van der Waals surface area contributed by atoms with Crippen molar-refractivity contribution in [3.8, 4) is 0 Å². The molecule has 25 heavy (non-hydrogen) atoms. The highest BCUT2D eigenvalue weighted by Gasteiger charge is 2.36. The lowest BCUT2D eigenvalue weighted by atomic mass is 9.83. The molecule has 2 rings (SSSR count). The number of rotatable bonds is 8. The summed E-state index contributed by atoms with van der Waals surface area (Å²) in [6.07, 6.45) is 5.45. The van der Waals surface area contributed by atoms with Gasteiger partial charge in [0, 0.05) is 31.3 Å². The minimum Gasteiger partial charge on any atom is -0.491 e. The number of unbranched alkanes of at least 4 members (excludes halogenated alkanes) is 1. The zero-order valence-corrected chi connectivity index (χ0v) is 15.2. The summed E-state index contributed by atoms with van der Waals surface area (Å²) in [5, 5.41) is 9.32. The van der Waals surface area contributed by atoms with Gasteiger partial charge in [0.25, 0.3) is 0 Å². The first-order valence-electron chi connectivity index (χ1n) is 8.90. The number of Topliss-reactive ketones (excluding diaryl/α,β-unsaturated/α-hetero) is 1. The van der Waals surface area contributed by atoms with Gasteiger partial charge in [-0.25, -0.2) is 0 Å². The van der Waals surface area contributed by atoms with E-state index in [1.54, 1.807) is 0 Å². The maximum Gasteiger partial charge on any atom is 0.317 e. The Balaban J connectivity index is 2.47. The standard InChI is InChI=1S/C19H28N2O4/c1-4-5-6-25-18-14-8-15(19(23)24)17(22)7-13(14)11-21(10-12(2)3)16(18)9-20/h8,11-12,15H,4-7,9-10,20H2,1-3H3,(H,23,24). The zero-order chi connectivity index (χ0) is 18.6. The van der Waals surface area contributed by atoms with E-state index in [2.05, 4.69) is 20.8 Å². The van der Waals surface area contributed by atoms with Gasteiger partial charge in [0.2, 0.25) is 0 Å². The number of carboxylic acid groups (broad SMARTS) is 1. The molecule has 0 aromatic rings. The van der Waals surface area contributed by atoms with Crippen molar-refractivity contribution < 1.29 is 19.4 Å². The van der Waals surface area contributed by atoms with Crippen molar-refractivity contribution in [2.75, 3.05) is 19.7 Å². The molecule has 138 valence electrons. The smallest absolute Gasteiger partial charge is 0.317 e. The number of carbonyl (C=O) groups excluding carboxylic acids is 1. The number of allylic oxidation sites excluding steroid dienone is 1. The van der Waals surface area contributed by atoms with Crippen LogP contribution in [0.3, 0.4) is 0 Å². The number of ketones is 1. The number of nitrogens with two attached hydrogens (primary N) is 1. The van der Waals surface area contributed by atoms with E-state index in [0.717, 1.165) is 30.7 Å². The number of nitrogens with zero attached hydrogens (tertiary/aromatic N) is 1. The average molecular weight is 348 g/mol. The van der Waals surface area contributed by atoms with E-state index in [0.29, 0.717) is 30.4 Å². The molecule has 3 N–H and O–H groups in total. The SMILES string of the molecule is CCCCOC1=C(CN)N(CC(C)C)C=C2CC(=O)C(C(=O)O)C=C21. The fourth-order valence-electron chi connectivity index (χ4n) is 3.10. The molecule has 6 heteroatoms. The molecule has 0 saturated heterocycles. The normalized spacial score (nSPS) is 20.4. The van der Waals surface area contributed by atoms with Gasteiger partial charge in [-0.15, -0.1) is 0 Å². The first-order chi connectivity index (χ1) is 11.9. The fourth-order valence-corrected chi connectivity index (χ4v) is 3.10. The maximum absolute atomic E-state index is 12.2. The minimum absolute atomic E-state index is 0.107. The Morgan fingerprint density at radius 3 is 2.76 bits per heavy atom. The van der Waals surface area contributed by atoms with Crippen LogP contribution in [0.4, 0.5) is 0 Å². The summed E-state index contributed by atoms with van der Waals surface area (Å²) in [6, 6.07) is 0. The van der Waals surface area contributed by atoms with Crippen molar-refractivity contribution in [3.05, 3.63) is 34.9 Å². The molecule has 6 nitrogen and oxygen atoms in total. The van der Waals surface area contributed by atoms with Gasteiger partial charge >= 0.3 is 5.97 Å². The third-order valence-corrected chi connectivity index (χ3v) is 4.32. The van der Waals surface area contributed by atoms with Crippen molar-refractivity contribution in [2.24, 2.45) is 17.6 Å². The van der Waals surface area contributed by atoms with Gasteiger partial charge < -0.3 is 20.5 Å². The Bertz CT molecular complexity index is 631. The van der Waals surface area contributed by atoms with Crippen LogP contribution >= 0.6 is 0 Å². The van der Waals surface area contributed by atoms with E-state index in [1.807, 2.05) is 11.1 Å². The van der Waals surface area contributed by atoms with Crippen molar-refractivity contribution in [1.29, 1.82) is 0 Å². The summed E-state index contributed by atoms with van der Waals surface area (Å²) < 4.78 is 6.02. The number of ether oxygens (including phenoxy) is 1. The molecule has 1 aliphatic heterocycles. The quantitative estimate of drug-likeness (QED) is 0.517. The van der Waals surface area contributed by atoms with E-state index in [-0.39, 0.29) is 12.2 Å². The molecule has 0 saturated carbocycles. The van der Waals surface area contributed by atoms with Gasteiger partial charge in [-0.3, -0.25) is 9.59 Å². The Labute approximate surface area is 149 Å². The Morgan fingerprint density at radius 1 is 1.48 bits per heavy atom. The maximum atomic E-state index is 12.2. The van der Waals surface area contributed by atoms with E-state index in [1.165, 1.54) is 6.08 Å². The summed E-state index contributed by atoms with van der Waals surface area (Å²) in [5.41, 5.74) is 8.36. The van der Waals surface area contributed by atoms with Crippen LogP contribution in [0.5, 0.6) is 0 Å². The number of carbonyl (C=O) groups is 2. The minimum atomic E-state index is -1.12. The summed E-state index contributed by atoms with van der Waals surface area (Å²) >= 11 is 0. The van der Waals surface area contributed by atoms with Crippen molar-refractivity contribution in [2.45, 2.75) is 40.0 Å². The lowest BCUT2D eigenvalue weighted by molar-refractivity contribution is -0.144. The van der Waals surface area contributed by atoms with Crippen LogP contribution in [0.15, 0.2) is 34.9 Å². The van der Waals surface area contributed by atoms with Crippen molar-refractivity contribution >= 4 is 11.8 Å². The van der Waals surface area contributed by atoms with Crippen LogP contribution in [-0.4, -0.2) is 41.5 Å². The monoisotopic (exact) mass is 348 g/mol. The van der Waals surface area contributed by atoms with E-state index in [9.17, 15) is 14.7 Å². The molecular weight excluding hydrogens is 320 g/mol. The molecule has 1 heterocycles. The molecule has 0 bridgehead atoms. The molecule has 0 amide bonds. The first-order valence-corrected chi connectivity index (χ1v) is 8.90. The Morgan fingerprint density at radius 2 is 2.20 bits per heavy atom. The van der Waals surface area contributed by atoms with Crippen LogP contribution in [0.1, 0.15) is 40.0 Å². The predicted octanol–water partition coefficient (Wildman–Crippen LogP) is 2.43.